The number of carbonyl (C=O) groups is 1. The Balaban J connectivity index is 1.98. The molecule has 0 bridgehead atoms. The lowest BCUT2D eigenvalue weighted by Gasteiger charge is -2.12. The first-order chi connectivity index (χ1) is 12.6. The van der Waals surface area contributed by atoms with Crippen LogP contribution in [0.2, 0.25) is 10.0 Å². The molecule has 0 spiro atoms. The van der Waals surface area contributed by atoms with E-state index in [2.05, 4.69) is 4.98 Å². The highest BCUT2D eigenvalue weighted by atomic mass is 35.5. The first-order valence-electron chi connectivity index (χ1n) is 7.98. The summed E-state index contributed by atoms with van der Waals surface area (Å²) >= 11 is 12.7. The van der Waals surface area contributed by atoms with Crippen LogP contribution in [0.4, 0.5) is 0 Å². The fourth-order valence-electron chi connectivity index (χ4n) is 3.22. The van der Waals surface area contributed by atoms with Gasteiger partial charge in [0.05, 0.1) is 19.4 Å². The molecule has 4 nitrogen and oxygen atoms in total. The Bertz CT molecular complexity index is 1050. The third-order valence-corrected chi connectivity index (χ3v) is 4.99. The lowest BCUT2D eigenvalue weighted by molar-refractivity contribution is 0.0593. The maximum atomic E-state index is 12.1. The molecule has 2 aromatic carbocycles. The molecule has 3 aromatic rings. The second-order valence-corrected chi connectivity index (χ2v) is 6.73. The number of esters is 1. The summed E-state index contributed by atoms with van der Waals surface area (Å²) in [5.41, 5.74) is 5.50. The normalized spacial score (nSPS) is 12.7. The summed E-state index contributed by atoms with van der Waals surface area (Å²) < 4.78 is 4.88. The minimum absolute atomic E-state index is 0.329. The number of fused-ring (bicyclic) bond motifs is 3. The third kappa shape index (κ3) is 2.71. The summed E-state index contributed by atoms with van der Waals surface area (Å²) in [7, 11) is 1.36. The van der Waals surface area contributed by atoms with Crippen molar-refractivity contribution in [3.8, 4) is 11.1 Å². The zero-order chi connectivity index (χ0) is 18.3. The van der Waals surface area contributed by atoms with Crippen LogP contribution in [-0.2, 0) is 11.3 Å². The van der Waals surface area contributed by atoms with E-state index in [1.807, 2.05) is 42.5 Å². The molecule has 0 saturated carbocycles. The smallest absolute Gasteiger partial charge is 0.354 e. The molecule has 0 radical (unpaired) electrons. The highest BCUT2D eigenvalue weighted by Gasteiger charge is 2.25. The van der Waals surface area contributed by atoms with E-state index in [0.717, 1.165) is 33.5 Å². The summed E-state index contributed by atoms with van der Waals surface area (Å²) in [6, 6.07) is 13.2. The average molecular weight is 385 g/mol. The first-order valence-corrected chi connectivity index (χ1v) is 8.74. The number of nitrogens with zero attached hydrogens (tertiary/aromatic N) is 1. The predicted octanol–water partition coefficient (Wildman–Crippen LogP) is 5.13. The lowest BCUT2D eigenvalue weighted by atomic mass is 9.93. The van der Waals surface area contributed by atoms with Crippen molar-refractivity contribution in [3.63, 3.8) is 0 Å². The number of carbonyl (C=O) groups excluding carboxylic acids is 1. The van der Waals surface area contributed by atoms with Gasteiger partial charge in [-0.05, 0) is 23.8 Å². The highest BCUT2D eigenvalue weighted by Crippen LogP contribution is 2.36. The van der Waals surface area contributed by atoms with E-state index in [1.165, 1.54) is 7.11 Å². The van der Waals surface area contributed by atoms with Gasteiger partial charge in [0, 0.05) is 38.5 Å². The molecule has 26 heavy (non-hydrogen) atoms. The van der Waals surface area contributed by atoms with Crippen LogP contribution in [0, 0.1) is 0 Å². The van der Waals surface area contributed by atoms with Crippen molar-refractivity contribution in [2.45, 2.75) is 6.54 Å². The highest BCUT2D eigenvalue weighted by molar-refractivity contribution is 6.36. The zero-order valence-corrected chi connectivity index (χ0v) is 15.4. The molecule has 1 aliphatic heterocycles. The number of H-pyrrole nitrogens is 1. The molecular weight excluding hydrogens is 371 g/mol. The number of aliphatic imine (C=N–C) groups is 1. The molecule has 0 aliphatic carbocycles. The van der Waals surface area contributed by atoms with Gasteiger partial charge < -0.3 is 9.72 Å². The van der Waals surface area contributed by atoms with Crippen molar-refractivity contribution >= 4 is 34.9 Å². The molecule has 0 saturated heterocycles. The predicted molar refractivity (Wildman–Crippen MR) is 103 cm³/mol. The standard InChI is InChI=1S/C20H14Cl2N2O2/c1-26-20(25)19-16-10-23-18(13-4-2-3-5-17(13)22)14-8-11(21)6-7-12(14)15(16)9-24-19/h2-9,24H,10H2,1H3. The van der Waals surface area contributed by atoms with Crippen LogP contribution in [0.15, 0.2) is 53.7 Å². The number of nitrogens with one attached hydrogen (secondary N) is 1. The van der Waals surface area contributed by atoms with E-state index in [-0.39, 0.29) is 0 Å². The van der Waals surface area contributed by atoms with Crippen LogP contribution in [0.3, 0.4) is 0 Å². The van der Waals surface area contributed by atoms with E-state index < -0.39 is 5.97 Å². The van der Waals surface area contributed by atoms with Gasteiger partial charge in [0.1, 0.15) is 5.69 Å². The lowest BCUT2D eigenvalue weighted by Crippen LogP contribution is -2.06. The number of benzene rings is 2. The molecule has 1 aromatic heterocycles. The molecule has 4 rings (SSSR count). The number of halogens is 2. The fraction of sp³-hybridized carbons (Fsp3) is 0.100. The van der Waals surface area contributed by atoms with Gasteiger partial charge in [0.15, 0.2) is 0 Å². The van der Waals surface area contributed by atoms with Crippen LogP contribution >= 0.6 is 23.2 Å². The van der Waals surface area contributed by atoms with E-state index in [1.54, 1.807) is 6.20 Å². The third-order valence-electron chi connectivity index (χ3n) is 4.43. The minimum Gasteiger partial charge on any atom is -0.464 e. The van der Waals surface area contributed by atoms with Gasteiger partial charge in [-0.1, -0.05) is 47.5 Å². The number of hydrogen-bond donors (Lipinski definition) is 1. The number of aromatic amines is 1. The SMILES string of the molecule is COC(=O)c1[nH]cc2c1CN=C(c1ccccc1Cl)c1cc(Cl)ccc1-2. The Labute approximate surface area is 160 Å². The Kier molecular flexibility index (Phi) is 4.31. The Morgan fingerprint density at radius 2 is 1.88 bits per heavy atom. The second kappa shape index (κ2) is 6.63. The summed E-state index contributed by atoms with van der Waals surface area (Å²) in [4.78, 5) is 19.9. The summed E-state index contributed by atoms with van der Waals surface area (Å²) in [5.74, 6) is -0.418. The largest absolute Gasteiger partial charge is 0.464 e. The van der Waals surface area contributed by atoms with Crippen molar-refractivity contribution < 1.29 is 9.53 Å². The van der Waals surface area contributed by atoms with Gasteiger partial charge in [-0.2, -0.15) is 0 Å². The molecule has 1 N–H and O–H groups in total. The summed E-state index contributed by atoms with van der Waals surface area (Å²) in [6.45, 7) is 0.329. The molecule has 2 heterocycles. The number of ether oxygens (including phenoxy) is 1. The van der Waals surface area contributed by atoms with Gasteiger partial charge in [0.25, 0.3) is 0 Å². The van der Waals surface area contributed by atoms with Gasteiger partial charge in [-0.25, -0.2) is 4.79 Å². The van der Waals surface area contributed by atoms with Gasteiger partial charge in [-0.15, -0.1) is 0 Å². The van der Waals surface area contributed by atoms with Crippen LogP contribution in [0.25, 0.3) is 11.1 Å². The molecule has 0 unspecified atom stereocenters. The van der Waals surface area contributed by atoms with Crippen LogP contribution in [-0.4, -0.2) is 23.8 Å². The minimum atomic E-state index is -0.418. The van der Waals surface area contributed by atoms with Crippen molar-refractivity contribution in [2.75, 3.05) is 7.11 Å². The number of hydrogen-bond acceptors (Lipinski definition) is 3. The molecule has 0 amide bonds. The van der Waals surface area contributed by atoms with E-state index in [9.17, 15) is 4.79 Å². The number of rotatable bonds is 2. The van der Waals surface area contributed by atoms with Crippen LogP contribution in [0.5, 0.6) is 0 Å². The molecular formula is C20H14Cl2N2O2. The quantitative estimate of drug-likeness (QED) is 0.622. The zero-order valence-electron chi connectivity index (χ0n) is 13.8. The monoisotopic (exact) mass is 384 g/mol. The fourth-order valence-corrected chi connectivity index (χ4v) is 3.61. The Morgan fingerprint density at radius 3 is 2.65 bits per heavy atom. The van der Waals surface area contributed by atoms with E-state index in [4.69, 9.17) is 32.9 Å². The van der Waals surface area contributed by atoms with Crippen molar-refractivity contribution in [3.05, 3.63) is 81.1 Å². The van der Waals surface area contributed by atoms with Crippen LogP contribution in [0.1, 0.15) is 27.2 Å². The number of methoxy groups -OCH3 is 1. The van der Waals surface area contributed by atoms with Gasteiger partial charge in [-0.3, -0.25) is 4.99 Å². The van der Waals surface area contributed by atoms with Crippen molar-refractivity contribution in [1.82, 2.24) is 4.98 Å². The Morgan fingerprint density at radius 1 is 1.08 bits per heavy atom. The maximum Gasteiger partial charge on any atom is 0.354 e. The molecule has 0 fully saturated rings. The molecule has 6 heteroatoms. The van der Waals surface area contributed by atoms with Crippen molar-refractivity contribution in [2.24, 2.45) is 4.99 Å². The topological polar surface area (TPSA) is 54.5 Å². The van der Waals surface area contributed by atoms with E-state index >= 15 is 0 Å². The van der Waals surface area contributed by atoms with Gasteiger partial charge in [0.2, 0.25) is 0 Å². The molecule has 0 atom stereocenters. The molecule has 130 valence electrons. The average Bonchev–Trinajstić information content (AvgIpc) is 3.00. The second-order valence-electron chi connectivity index (χ2n) is 5.88. The van der Waals surface area contributed by atoms with Crippen LogP contribution < -0.4 is 0 Å². The Hall–Kier alpha value is -2.56. The summed E-state index contributed by atoms with van der Waals surface area (Å²) in [5, 5.41) is 1.22. The number of aromatic nitrogens is 1. The van der Waals surface area contributed by atoms with Gasteiger partial charge >= 0.3 is 5.97 Å². The van der Waals surface area contributed by atoms with Crippen molar-refractivity contribution in [1.29, 1.82) is 0 Å². The summed E-state index contributed by atoms with van der Waals surface area (Å²) in [6.07, 6.45) is 1.80. The maximum absolute atomic E-state index is 12.1. The first kappa shape index (κ1) is 16.9. The molecule has 1 aliphatic rings. The van der Waals surface area contributed by atoms with E-state index in [0.29, 0.717) is 22.3 Å².